The Bertz CT molecular complexity index is 860. The van der Waals surface area contributed by atoms with Gasteiger partial charge in [0.25, 0.3) is 5.91 Å². The van der Waals surface area contributed by atoms with Gasteiger partial charge in [-0.05, 0) is 48.4 Å². The molecular formula is C22H25NO6. The normalized spacial score (nSPS) is 11.6. The molecule has 2 aromatic rings. The molecule has 7 heteroatoms. The molecule has 0 aliphatic heterocycles. The van der Waals surface area contributed by atoms with E-state index < -0.39 is 12.1 Å². The molecule has 0 aliphatic carbocycles. The first-order valence-corrected chi connectivity index (χ1v) is 8.98. The highest BCUT2D eigenvalue weighted by molar-refractivity contribution is 5.90. The minimum atomic E-state index is -0.921. The maximum atomic E-state index is 12.1. The van der Waals surface area contributed by atoms with Crippen molar-refractivity contribution in [1.29, 1.82) is 0 Å². The van der Waals surface area contributed by atoms with Crippen LogP contribution in [-0.2, 0) is 20.9 Å². The summed E-state index contributed by atoms with van der Waals surface area (Å²) < 4.78 is 20.6. The Labute approximate surface area is 170 Å². The first-order valence-electron chi connectivity index (χ1n) is 8.98. The quantitative estimate of drug-likeness (QED) is 0.516. The Kier molecular flexibility index (Phi) is 8.09. The molecule has 7 nitrogen and oxygen atoms in total. The summed E-state index contributed by atoms with van der Waals surface area (Å²) >= 11 is 0. The largest absolute Gasteiger partial charge is 0.497 e. The average Bonchev–Trinajstić information content (AvgIpc) is 2.75. The number of hydrogen-bond donors (Lipinski definition) is 1. The molecule has 0 spiro atoms. The van der Waals surface area contributed by atoms with E-state index in [9.17, 15) is 9.59 Å². The first-order chi connectivity index (χ1) is 14.0. The highest BCUT2D eigenvalue weighted by atomic mass is 16.5. The summed E-state index contributed by atoms with van der Waals surface area (Å²) in [5.41, 5.74) is 1.64. The van der Waals surface area contributed by atoms with Crippen LogP contribution in [0.25, 0.3) is 6.08 Å². The predicted molar refractivity (Wildman–Crippen MR) is 109 cm³/mol. The van der Waals surface area contributed by atoms with Gasteiger partial charge in [0.15, 0.2) is 17.6 Å². The number of benzene rings is 2. The SMILES string of the molecule is COc1ccc(CNC(=O)[C@H](C)OC(=O)/C=C/c2ccc(OC)c(OC)c2)cc1. The predicted octanol–water partition coefficient (Wildman–Crippen LogP) is 2.97. The molecule has 0 heterocycles. The molecule has 0 saturated carbocycles. The molecule has 1 amide bonds. The lowest BCUT2D eigenvalue weighted by molar-refractivity contribution is -0.150. The number of hydrogen-bond acceptors (Lipinski definition) is 6. The van der Waals surface area contributed by atoms with E-state index in [0.717, 1.165) is 16.9 Å². The van der Waals surface area contributed by atoms with E-state index in [1.165, 1.54) is 20.1 Å². The number of ether oxygens (including phenoxy) is 4. The Morgan fingerprint density at radius 3 is 2.28 bits per heavy atom. The number of carbonyl (C=O) groups is 2. The van der Waals surface area contributed by atoms with Crippen LogP contribution in [0.1, 0.15) is 18.1 Å². The molecule has 0 aromatic heterocycles. The molecule has 0 unspecified atom stereocenters. The third-order valence-corrected chi connectivity index (χ3v) is 4.11. The second-order valence-electron chi connectivity index (χ2n) is 6.09. The van der Waals surface area contributed by atoms with Gasteiger partial charge in [0.2, 0.25) is 0 Å². The van der Waals surface area contributed by atoms with E-state index >= 15 is 0 Å². The maximum absolute atomic E-state index is 12.1. The number of nitrogens with one attached hydrogen (secondary N) is 1. The number of amides is 1. The van der Waals surface area contributed by atoms with E-state index in [4.69, 9.17) is 18.9 Å². The molecule has 2 aromatic carbocycles. The smallest absolute Gasteiger partial charge is 0.331 e. The van der Waals surface area contributed by atoms with Crippen LogP contribution < -0.4 is 19.5 Å². The van der Waals surface area contributed by atoms with E-state index in [-0.39, 0.29) is 5.91 Å². The van der Waals surface area contributed by atoms with Crippen molar-refractivity contribution in [2.45, 2.75) is 19.6 Å². The summed E-state index contributed by atoms with van der Waals surface area (Å²) in [4.78, 5) is 24.1. The van der Waals surface area contributed by atoms with Crippen LogP contribution in [-0.4, -0.2) is 39.3 Å². The number of methoxy groups -OCH3 is 3. The third kappa shape index (κ3) is 6.57. The zero-order valence-corrected chi connectivity index (χ0v) is 16.9. The highest BCUT2D eigenvalue weighted by Gasteiger charge is 2.16. The summed E-state index contributed by atoms with van der Waals surface area (Å²) in [7, 11) is 4.67. The fourth-order valence-corrected chi connectivity index (χ4v) is 2.46. The topological polar surface area (TPSA) is 83.1 Å². The summed E-state index contributed by atoms with van der Waals surface area (Å²) in [6, 6.07) is 12.6. The van der Waals surface area contributed by atoms with Crippen molar-refractivity contribution < 1.29 is 28.5 Å². The summed E-state index contributed by atoms with van der Waals surface area (Å²) in [6.07, 6.45) is 1.91. The maximum Gasteiger partial charge on any atom is 0.331 e. The molecule has 1 atom stereocenters. The molecular weight excluding hydrogens is 374 g/mol. The molecule has 0 radical (unpaired) electrons. The van der Waals surface area contributed by atoms with Gasteiger partial charge in [-0.1, -0.05) is 18.2 Å². The van der Waals surface area contributed by atoms with Crippen molar-refractivity contribution in [3.8, 4) is 17.2 Å². The van der Waals surface area contributed by atoms with Crippen LogP contribution in [0.15, 0.2) is 48.5 Å². The monoisotopic (exact) mass is 399 g/mol. The molecule has 0 fully saturated rings. The van der Waals surface area contributed by atoms with Crippen molar-refractivity contribution in [1.82, 2.24) is 5.32 Å². The lowest BCUT2D eigenvalue weighted by atomic mass is 10.2. The van der Waals surface area contributed by atoms with Gasteiger partial charge in [0.1, 0.15) is 5.75 Å². The van der Waals surface area contributed by atoms with Gasteiger partial charge in [-0.15, -0.1) is 0 Å². The minimum absolute atomic E-state index is 0.326. The van der Waals surface area contributed by atoms with E-state index in [1.54, 1.807) is 38.5 Å². The lowest BCUT2D eigenvalue weighted by Crippen LogP contribution is -2.35. The zero-order chi connectivity index (χ0) is 21.2. The molecule has 29 heavy (non-hydrogen) atoms. The van der Waals surface area contributed by atoms with E-state index in [2.05, 4.69) is 5.32 Å². The van der Waals surface area contributed by atoms with Crippen molar-refractivity contribution >= 4 is 18.0 Å². The molecule has 0 aliphatic rings. The second-order valence-corrected chi connectivity index (χ2v) is 6.09. The summed E-state index contributed by atoms with van der Waals surface area (Å²) in [5.74, 6) is 0.882. The Balaban J connectivity index is 1.85. The zero-order valence-electron chi connectivity index (χ0n) is 16.9. The van der Waals surface area contributed by atoms with Gasteiger partial charge >= 0.3 is 5.97 Å². The van der Waals surface area contributed by atoms with Crippen LogP contribution in [0, 0.1) is 0 Å². The molecule has 0 bridgehead atoms. The van der Waals surface area contributed by atoms with Crippen molar-refractivity contribution in [3.63, 3.8) is 0 Å². The Morgan fingerprint density at radius 1 is 0.966 bits per heavy atom. The van der Waals surface area contributed by atoms with Crippen LogP contribution in [0.4, 0.5) is 0 Å². The molecule has 1 N–H and O–H groups in total. The number of rotatable bonds is 9. The number of carbonyl (C=O) groups excluding carboxylic acids is 2. The summed E-state index contributed by atoms with van der Waals surface area (Å²) in [6.45, 7) is 1.84. The summed E-state index contributed by atoms with van der Waals surface area (Å²) in [5, 5.41) is 2.73. The lowest BCUT2D eigenvalue weighted by Gasteiger charge is -2.12. The van der Waals surface area contributed by atoms with Crippen molar-refractivity contribution in [2.75, 3.05) is 21.3 Å². The van der Waals surface area contributed by atoms with Gasteiger partial charge in [0.05, 0.1) is 21.3 Å². The van der Waals surface area contributed by atoms with Crippen LogP contribution in [0.2, 0.25) is 0 Å². The number of esters is 1. The van der Waals surface area contributed by atoms with Gasteiger partial charge in [-0.2, -0.15) is 0 Å². The van der Waals surface area contributed by atoms with E-state index in [1.807, 2.05) is 24.3 Å². The fraction of sp³-hybridized carbons (Fsp3) is 0.273. The van der Waals surface area contributed by atoms with Gasteiger partial charge in [0, 0.05) is 12.6 Å². The molecule has 154 valence electrons. The van der Waals surface area contributed by atoms with Crippen LogP contribution in [0.5, 0.6) is 17.2 Å². The minimum Gasteiger partial charge on any atom is -0.497 e. The van der Waals surface area contributed by atoms with Crippen LogP contribution in [0.3, 0.4) is 0 Å². The van der Waals surface area contributed by atoms with E-state index in [0.29, 0.717) is 18.0 Å². The van der Waals surface area contributed by atoms with Crippen LogP contribution >= 0.6 is 0 Å². The first kappa shape index (κ1) is 21.8. The average molecular weight is 399 g/mol. The standard InChI is InChI=1S/C22H25NO6/c1-15(22(25)23-14-17-5-9-18(26-2)10-6-17)29-21(24)12-8-16-7-11-19(27-3)20(13-16)28-4/h5-13,15H,14H2,1-4H3,(H,23,25)/b12-8+/t15-/m0/s1. The molecule has 2 rings (SSSR count). The Morgan fingerprint density at radius 2 is 1.66 bits per heavy atom. The van der Waals surface area contributed by atoms with Crippen molar-refractivity contribution in [2.24, 2.45) is 0 Å². The second kappa shape index (κ2) is 10.8. The third-order valence-electron chi connectivity index (χ3n) is 4.11. The van der Waals surface area contributed by atoms with Gasteiger partial charge < -0.3 is 24.3 Å². The molecule has 0 saturated heterocycles. The highest BCUT2D eigenvalue weighted by Crippen LogP contribution is 2.27. The van der Waals surface area contributed by atoms with Gasteiger partial charge in [-0.3, -0.25) is 4.79 Å². The van der Waals surface area contributed by atoms with Gasteiger partial charge in [-0.25, -0.2) is 4.79 Å². The van der Waals surface area contributed by atoms with Crippen molar-refractivity contribution in [3.05, 3.63) is 59.7 Å². The fourth-order valence-electron chi connectivity index (χ4n) is 2.46. The Hall–Kier alpha value is -3.48.